The van der Waals surface area contributed by atoms with Crippen LogP contribution in [-0.2, 0) is 23.8 Å². The average molecular weight is 395 g/mol. The third-order valence-electron chi connectivity index (χ3n) is 3.56. The number of halogens is 1. The smallest absolute Gasteiger partial charge is 0.374 e. The van der Waals surface area contributed by atoms with Gasteiger partial charge in [0.15, 0.2) is 11.9 Å². The molecule has 7 nitrogen and oxygen atoms in total. The molecule has 2 aliphatic heterocycles. The highest BCUT2D eigenvalue weighted by atomic mass is 79.9. The largest absolute Gasteiger partial charge is 0.479 e. The number of fused-ring (bicyclic) bond motifs is 2. The van der Waals surface area contributed by atoms with Crippen LogP contribution in [0, 0.1) is 0 Å². The fraction of sp³-hybridized carbons (Fsp3) is 0.188. The van der Waals surface area contributed by atoms with Gasteiger partial charge in [-0.2, -0.15) is 0 Å². The summed E-state index contributed by atoms with van der Waals surface area (Å²) < 4.78 is 20.9. The molecule has 1 aromatic rings. The minimum absolute atomic E-state index is 0.0913. The van der Waals surface area contributed by atoms with E-state index in [0.29, 0.717) is 10.0 Å². The Morgan fingerprint density at radius 3 is 2.54 bits per heavy atom. The third kappa shape index (κ3) is 2.48. The SMILES string of the molecule is COC(=O)C1=C(C(=O)OC)C2Oc3ccc(Br)cc3C(=O)C2=CO1. The van der Waals surface area contributed by atoms with Gasteiger partial charge in [0.2, 0.25) is 5.76 Å². The zero-order chi connectivity index (χ0) is 17.4. The van der Waals surface area contributed by atoms with Crippen LogP contribution in [0.5, 0.6) is 5.75 Å². The number of hydrogen-bond acceptors (Lipinski definition) is 7. The molecule has 0 saturated carbocycles. The van der Waals surface area contributed by atoms with Crippen molar-refractivity contribution in [2.45, 2.75) is 6.10 Å². The summed E-state index contributed by atoms with van der Waals surface area (Å²) in [5.41, 5.74) is 0.193. The minimum Gasteiger partial charge on any atom is -0.479 e. The Morgan fingerprint density at radius 1 is 1.17 bits per heavy atom. The van der Waals surface area contributed by atoms with Crippen molar-refractivity contribution in [1.29, 1.82) is 0 Å². The summed E-state index contributed by atoms with van der Waals surface area (Å²) >= 11 is 3.29. The van der Waals surface area contributed by atoms with Gasteiger partial charge in [-0.15, -0.1) is 0 Å². The van der Waals surface area contributed by atoms with Gasteiger partial charge >= 0.3 is 11.9 Å². The Labute approximate surface area is 144 Å². The van der Waals surface area contributed by atoms with Gasteiger partial charge in [-0.1, -0.05) is 15.9 Å². The van der Waals surface area contributed by atoms with E-state index in [0.717, 1.165) is 20.5 Å². The lowest BCUT2D eigenvalue weighted by Gasteiger charge is -2.31. The number of hydrogen-bond donors (Lipinski definition) is 0. The summed E-state index contributed by atoms with van der Waals surface area (Å²) in [6, 6.07) is 4.89. The quantitative estimate of drug-likeness (QED) is 0.707. The molecule has 0 bridgehead atoms. The molecule has 0 fully saturated rings. The number of ether oxygens (including phenoxy) is 4. The van der Waals surface area contributed by atoms with Gasteiger partial charge in [-0.05, 0) is 18.2 Å². The van der Waals surface area contributed by atoms with Crippen molar-refractivity contribution >= 4 is 33.7 Å². The van der Waals surface area contributed by atoms with E-state index in [2.05, 4.69) is 20.7 Å². The topological polar surface area (TPSA) is 88.1 Å². The van der Waals surface area contributed by atoms with Crippen LogP contribution in [0.15, 0.2) is 45.8 Å². The van der Waals surface area contributed by atoms with Crippen molar-refractivity contribution in [3.8, 4) is 5.75 Å². The van der Waals surface area contributed by atoms with E-state index < -0.39 is 18.0 Å². The maximum atomic E-state index is 12.7. The first-order chi connectivity index (χ1) is 11.5. The minimum atomic E-state index is -1.11. The van der Waals surface area contributed by atoms with Crippen molar-refractivity contribution in [2.75, 3.05) is 14.2 Å². The van der Waals surface area contributed by atoms with Crippen LogP contribution in [-0.4, -0.2) is 38.0 Å². The van der Waals surface area contributed by atoms with Gasteiger partial charge in [0, 0.05) is 4.47 Å². The molecule has 0 spiro atoms. The molecule has 1 atom stereocenters. The molecule has 1 aromatic carbocycles. The predicted molar refractivity (Wildman–Crippen MR) is 83.1 cm³/mol. The normalized spacial score (nSPS) is 18.5. The molecule has 8 heteroatoms. The predicted octanol–water partition coefficient (Wildman–Crippen LogP) is 1.91. The van der Waals surface area contributed by atoms with Crippen LogP contribution < -0.4 is 4.74 Å². The van der Waals surface area contributed by atoms with E-state index in [9.17, 15) is 14.4 Å². The number of benzene rings is 1. The lowest BCUT2D eigenvalue weighted by Crippen LogP contribution is -2.39. The Balaban J connectivity index is 2.14. The Morgan fingerprint density at radius 2 is 1.88 bits per heavy atom. The first kappa shape index (κ1) is 16.3. The first-order valence-corrected chi connectivity index (χ1v) is 7.55. The van der Waals surface area contributed by atoms with E-state index >= 15 is 0 Å². The van der Waals surface area contributed by atoms with Crippen molar-refractivity contribution < 1.29 is 33.3 Å². The average Bonchev–Trinajstić information content (AvgIpc) is 2.60. The monoisotopic (exact) mass is 394 g/mol. The highest BCUT2D eigenvalue weighted by Gasteiger charge is 2.44. The zero-order valence-corrected chi connectivity index (χ0v) is 14.2. The molecule has 24 heavy (non-hydrogen) atoms. The number of carbonyl (C=O) groups is 3. The number of carbonyl (C=O) groups excluding carboxylic acids is 3. The highest BCUT2D eigenvalue weighted by molar-refractivity contribution is 9.10. The molecule has 2 heterocycles. The first-order valence-electron chi connectivity index (χ1n) is 6.76. The number of methoxy groups -OCH3 is 2. The lowest BCUT2D eigenvalue weighted by molar-refractivity contribution is -0.142. The van der Waals surface area contributed by atoms with Crippen LogP contribution in [0.3, 0.4) is 0 Å². The van der Waals surface area contributed by atoms with E-state index in [-0.39, 0.29) is 28.4 Å². The molecule has 124 valence electrons. The number of Topliss-reactive ketones (excluding diaryl/α,β-unsaturated/α-hetero) is 1. The second-order valence-corrected chi connectivity index (χ2v) is 5.80. The fourth-order valence-corrected chi connectivity index (χ4v) is 2.80. The molecule has 0 saturated heterocycles. The van der Waals surface area contributed by atoms with Crippen molar-refractivity contribution in [1.82, 2.24) is 0 Å². The third-order valence-corrected chi connectivity index (χ3v) is 4.06. The molecule has 0 N–H and O–H groups in total. The molecule has 1 unspecified atom stereocenters. The van der Waals surface area contributed by atoms with Crippen molar-refractivity contribution in [2.24, 2.45) is 0 Å². The van der Waals surface area contributed by atoms with Crippen molar-refractivity contribution in [3.63, 3.8) is 0 Å². The van der Waals surface area contributed by atoms with Gasteiger partial charge in [0.25, 0.3) is 0 Å². The van der Waals surface area contributed by atoms with E-state index in [1.807, 2.05) is 0 Å². The maximum Gasteiger partial charge on any atom is 0.374 e. The van der Waals surface area contributed by atoms with Gasteiger partial charge in [0.05, 0.1) is 25.4 Å². The molecule has 2 aliphatic rings. The summed E-state index contributed by atoms with van der Waals surface area (Å²) in [4.78, 5) is 36.7. The summed E-state index contributed by atoms with van der Waals surface area (Å²) in [7, 11) is 2.30. The second-order valence-electron chi connectivity index (χ2n) is 4.88. The number of ketones is 1. The Kier molecular flexibility index (Phi) is 4.15. The molecular formula is C16H11BrO7. The van der Waals surface area contributed by atoms with Crippen molar-refractivity contribution in [3.05, 3.63) is 51.4 Å². The lowest BCUT2D eigenvalue weighted by atomic mass is 9.90. The molecule has 0 aromatic heterocycles. The molecular weight excluding hydrogens is 384 g/mol. The van der Waals surface area contributed by atoms with Crippen LogP contribution in [0.4, 0.5) is 0 Å². The Bertz CT molecular complexity index is 822. The summed E-state index contributed by atoms with van der Waals surface area (Å²) in [6.07, 6.45) is -0.0169. The van der Waals surface area contributed by atoms with Crippen LogP contribution in [0.1, 0.15) is 10.4 Å². The highest BCUT2D eigenvalue weighted by Crippen LogP contribution is 2.38. The van der Waals surface area contributed by atoms with Gasteiger partial charge in [0.1, 0.15) is 17.6 Å². The second kappa shape index (κ2) is 6.12. The van der Waals surface area contributed by atoms with Gasteiger partial charge in [-0.25, -0.2) is 9.59 Å². The molecule has 3 rings (SSSR count). The Hall–Kier alpha value is -2.61. The number of esters is 2. The zero-order valence-electron chi connectivity index (χ0n) is 12.6. The van der Waals surface area contributed by atoms with Crippen LogP contribution in [0.25, 0.3) is 0 Å². The summed E-state index contributed by atoms with van der Waals surface area (Å²) in [6.45, 7) is 0. The summed E-state index contributed by atoms with van der Waals surface area (Å²) in [5.74, 6) is -2.17. The molecule has 0 aliphatic carbocycles. The standard InChI is InChI=1S/C16H11BrO7/c1-21-15(19)11-13-9(6-23-14(11)16(20)22-2)12(18)8-5-7(17)3-4-10(8)24-13/h3-6,13H,1-2H3. The fourth-order valence-electron chi connectivity index (χ4n) is 2.44. The van der Waals surface area contributed by atoms with Crippen LogP contribution >= 0.6 is 15.9 Å². The number of rotatable bonds is 2. The van der Waals surface area contributed by atoms with Gasteiger partial charge < -0.3 is 18.9 Å². The van der Waals surface area contributed by atoms with E-state index in [4.69, 9.17) is 14.2 Å². The molecule has 0 amide bonds. The maximum absolute atomic E-state index is 12.7. The van der Waals surface area contributed by atoms with Crippen LogP contribution in [0.2, 0.25) is 0 Å². The summed E-state index contributed by atoms with van der Waals surface area (Å²) in [5, 5.41) is 0. The molecule has 0 radical (unpaired) electrons. The van der Waals surface area contributed by atoms with E-state index in [1.165, 1.54) is 0 Å². The van der Waals surface area contributed by atoms with E-state index in [1.54, 1.807) is 18.2 Å². The van der Waals surface area contributed by atoms with Gasteiger partial charge in [-0.3, -0.25) is 4.79 Å².